The van der Waals surface area contributed by atoms with Crippen LogP contribution in [0.2, 0.25) is 0 Å². The number of nitrogens with zero attached hydrogens (tertiary/aromatic N) is 4. The molecule has 3 aliphatic carbocycles. The molecule has 0 aromatic heterocycles. The average Bonchev–Trinajstić information content (AvgIpc) is 3.07. The van der Waals surface area contributed by atoms with E-state index in [0.717, 1.165) is 45.6 Å². The lowest BCUT2D eigenvalue weighted by Crippen LogP contribution is -2.16. The first kappa shape index (κ1) is 52.2. The Morgan fingerprint density at radius 2 is 0.530 bits per heavy atom. The number of ether oxygens (including phenoxy) is 2. The molecule has 3 aliphatic rings. The molecule has 0 N–H and O–H groups in total. The molecule has 0 atom stereocenters. The van der Waals surface area contributed by atoms with E-state index < -0.39 is 0 Å². The zero-order valence-corrected chi connectivity index (χ0v) is 48.0. The van der Waals surface area contributed by atoms with E-state index in [2.05, 4.69) is 221 Å². The molecule has 402 valence electrons. The predicted octanol–water partition coefficient (Wildman–Crippen LogP) is 19.6. The minimum atomic E-state index is -0.243. The Kier molecular flexibility index (Phi) is 12.7. The van der Waals surface area contributed by atoms with Crippen molar-refractivity contribution < 1.29 is 9.47 Å². The molecule has 6 nitrogen and oxygen atoms in total. The number of benzene rings is 10. The van der Waals surface area contributed by atoms with E-state index in [1.54, 1.807) is 14.2 Å². The van der Waals surface area contributed by atoms with E-state index in [1.807, 2.05) is 72.8 Å². The maximum Gasteiger partial charge on any atom is 0.119 e. The number of fused-ring (bicyclic) bond motifs is 9. The number of methoxy groups -OCH3 is 2. The fourth-order valence-electron chi connectivity index (χ4n) is 13.1. The first-order chi connectivity index (χ1) is 40.2. The number of nitriles is 2. The summed E-state index contributed by atoms with van der Waals surface area (Å²) in [4.78, 5) is 4.49. The van der Waals surface area contributed by atoms with Crippen molar-refractivity contribution in [3.05, 3.63) is 273 Å². The second kappa shape index (κ2) is 20.1. The minimum absolute atomic E-state index is 0.186. The van der Waals surface area contributed by atoms with Gasteiger partial charge >= 0.3 is 0 Å². The summed E-state index contributed by atoms with van der Waals surface area (Å²) in [5.41, 5.74) is 26.8. The zero-order chi connectivity index (χ0) is 57.4. The maximum absolute atomic E-state index is 9.56. The molecule has 10 aromatic carbocycles. The summed E-state index contributed by atoms with van der Waals surface area (Å²) < 4.78 is 11.0. The standard InChI is InChI=1S/C77H62N4O2/c1-75(2)69-41-49(9-11-51-19-37-65-67-39-29-59(45-73(67)76(3,4)71(65)43-51)80(55-21-13-53(47-78)14-22-55)57-25-31-61(82-7)32-26-57)17-35-63(69)64-36-18-50(42-70(64)75)10-12-52-20-38-66-68-40-30-60(46-74(68)77(5,6)72(66)44-52)81(56-23-15-54(48-79)16-24-56)58-27-33-62(83-8)34-28-58/h9-46H,1-8H3/b11-9+,12-10+. The van der Waals surface area contributed by atoms with Crippen LogP contribution in [-0.4, -0.2) is 14.2 Å². The molecule has 0 amide bonds. The van der Waals surface area contributed by atoms with Crippen LogP contribution in [0.5, 0.6) is 11.5 Å². The van der Waals surface area contributed by atoms with Crippen LogP contribution in [0.15, 0.2) is 206 Å². The summed E-state index contributed by atoms with van der Waals surface area (Å²) in [7, 11) is 3.37. The SMILES string of the molecule is COc1ccc(N(c2ccc(C#N)cc2)c2ccc3c(c2)C(C)(C)c2cc(/C=C/c4ccc5c(c4)C(C)(C)c4cc(/C=C/c6ccc7c(c6)C(C)(C)c6cc(N(c8ccc(C#N)cc8)c8ccc(OC)cc8)ccc6-7)ccc4-5)ccc2-3)cc1. The third kappa shape index (κ3) is 8.96. The van der Waals surface area contributed by atoms with Gasteiger partial charge in [-0.1, -0.05) is 151 Å². The Balaban J connectivity index is 0.727. The lowest BCUT2D eigenvalue weighted by molar-refractivity contribution is 0.414. The van der Waals surface area contributed by atoms with E-state index in [1.165, 1.54) is 89.0 Å². The molecule has 0 bridgehead atoms. The van der Waals surface area contributed by atoms with Crippen molar-refractivity contribution in [2.45, 2.75) is 57.8 Å². The highest BCUT2D eigenvalue weighted by atomic mass is 16.5. The van der Waals surface area contributed by atoms with Crippen LogP contribution in [-0.2, 0) is 16.2 Å². The van der Waals surface area contributed by atoms with Gasteiger partial charge in [0.1, 0.15) is 11.5 Å². The lowest BCUT2D eigenvalue weighted by Gasteiger charge is -2.28. The lowest BCUT2D eigenvalue weighted by atomic mass is 9.81. The van der Waals surface area contributed by atoms with Crippen LogP contribution in [0.25, 0.3) is 57.7 Å². The van der Waals surface area contributed by atoms with Crippen molar-refractivity contribution in [3.8, 4) is 57.0 Å². The van der Waals surface area contributed by atoms with Crippen molar-refractivity contribution >= 4 is 58.4 Å². The van der Waals surface area contributed by atoms with Gasteiger partial charge in [-0.15, -0.1) is 0 Å². The summed E-state index contributed by atoms with van der Waals surface area (Å²) in [6.07, 6.45) is 9.04. The van der Waals surface area contributed by atoms with Gasteiger partial charge in [0.2, 0.25) is 0 Å². The van der Waals surface area contributed by atoms with Gasteiger partial charge < -0.3 is 19.3 Å². The van der Waals surface area contributed by atoms with Crippen LogP contribution in [0.3, 0.4) is 0 Å². The summed E-state index contributed by atoms with van der Waals surface area (Å²) in [5.74, 6) is 1.60. The molecular weight excluding hydrogens is 1010 g/mol. The second-order valence-electron chi connectivity index (χ2n) is 23.6. The van der Waals surface area contributed by atoms with Gasteiger partial charge in [-0.2, -0.15) is 10.5 Å². The zero-order valence-electron chi connectivity index (χ0n) is 48.0. The summed E-state index contributed by atoms with van der Waals surface area (Å²) in [6, 6.07) is 77.6. The molecule has 0 aliphatic heterocycles. The molecule has 0 unspecified atom stereocenters. The number of hydrogen-bond acceptors (Lipinski definition) is 6. The number of hydrogen-bond donors (Lipinski definition) is 0. The van der Waals surface area contributed by atoms with E-state index in [0.29, 0.717) is 11.1 Å². The Bertz CT molecular complexity index is 4090. The molecule has 0 saturated carbocycles. The van der Waals surface area contributed by atoms with Crippen molar-refractivity contribution in [2.24, 2.45) is 0 Å². The summed E-state index contributed by atoms with van der Waals surface area (Å²) >= 11 is 0. The van der Waals surface area contributed by atoms with Crippen molar-refractivity contribution in [3.63, 3.8) is 0 Å². The van der Waals surface area contributed by atoms with Crippen LogP contribution < -0.4 is 19.3 Å². The molecule has 13 rings (SSSR count). The third-order valence-corrected chi connectivity index (χ3v) is 17.7. The normalized spacial score (nSPS) is 14.2. The Labute approximate surface area is 487 Å². The van der Waals surface area contributed by atoms with Gasteiger partial charge in [-0.3, -0.25) is 0 Å². The fraction of sp³-hybridized carbons (Fsp3) is 0.143. The Hall–Kier alpha value is -10.1. The van der Waals surface area contributed by atoms with Gasteiger partial charge in [0.15, 0.2) is 0 Å². The Morgan fingerprint density at radius 1 is 0.301 bits per heavy atom. The van der Waals surface area contributed by atoms with Gasteiger partial charge in [0.05, 0.1) is 37.5 Å². The third-order valence-electron chi connectivity index (χ3n) is 17.7. The predicted molar refractivity (Wildman–Crippen MR) is 342 cm³/mol. The van der Waals surface area contributed by atoms with Crippen LogP contribution in [0.4, 0.5) is 34.1 Å². The molecule has 0 radical (unpaired) electrons. The molecule has 83 heavy (non-hydrogen) atoms. The van der Waals surface area contributed by atoms with Crippen molar-refractivity contribution in [2.75, 3.05) is 24.0 Å². The van der Waals surface area contributed by atoms with Gasteiger partial charge in [-0.25, -0.2) is 0 Å². The quantitative estimate of drug-likeness (QED) is 0.114. The smallest absolute Gasteiger partial charge is 0.119 e. The molecule has 6 heteroatoms. The number of rotatable bonds is 12. The molecule has 0 spiro atoms. The molecule has 0 saturated heterocycles. The first-order valence-corrected chi connectivity index (χ1v) is 28.3. The fourth-order valence-corrected chi connectivity index (χ4v) is 13.1. The highest BCUT2D eigenvalue weighted by molar-refractivity contribution is 5.90. The van der Waals surface area contributed by atoms with Crippen molar-refractivity contribution in [1.82, 2.24) is 0 Å². The molecule has 10 aromatic rings. The topological polar surface area (TPSA) is 72.5 Å². The Morgan fingerprint density at radius 3 is 0.783 bits per heavy atom. The van der Waals surface area contributed by atoms with Crippen LogP contribution in [0, 0.1) is 22.7 Å². The van der Waals surface area contributed by atoms with Crippen LogP contribution in [0.1, 0.15) is 108 Å². The highest BCUT2D eigenvalue weighted by Gasteiger charge is 2.39. The summed E-state index contributed by atoms with van der Waals surface area (Å²) in [5, 5.41) is 19.1. The van der Waals surface area contributed by atoms with Gasteiger partial charge in [0, 0.05) is 50.4 Å². The maximum atomic E-state index is 9.56. The van der Waals surface area contributed by atoms with Crippen molar-refractivity contribution in [1.29, 1.82) is 10.5 Å². The highest BCUT2D eigenvalue weighted by Crippen LogP contribution is 2.54. The second-order valence-corrected chi connectivity index (χ2v) is 23.6. The van der Waals surface area contributed by atoms with Crippen LogP contribution >= 0.6 is 0 Å². The molecule has 0 heterocycles. The monoisotopic (exact) mass is 1070 g/mol. The number of anilines is 6. The molecular formula is C77H62N4O2. The van der Waals surface area contributed by atoms with E-state index >= 15 is 0 Å². The van der Waals surface area contributed by atoms with Gasteiger partial charge in [0.25, 0.3) is 0 Å². The van der Waals surface area contributed by atoms with E-state index in [9.17, 15) is 10.5 Å². The van der Waals surface area contributed by atoms with E-state index in [4.69, 9.17) is 9.47 Å². The minimum Gasteiger partial charge on any atom is -0.497 e. The van der Waals surface area contributed by atoms with E-state index in [-0.39, 0.29) is 16.2 Å². The molecule has 0 fully saturated rings. The van der Waals surface area contributed by atoms with Gasteiger partial charge in [-0.05, 0) is 210 Å². The largest absolute Gasteiger partial charge is 0.497 e. The first-order valence-electron chi connectivity index (χ1n) is 28.3. The average molecular weight is 1080 g/mol. The summed E-state index contributed by atoms with van der Waals surface area (Å²) in [6.45, 7) is 14.0.